The first-order chi connectivity index (χ1) is 9.53. The van der Waals surface area contributed by atoms with Crippen LogP contribution in [0.4, 0.5) is 16.2 Å². The zero-order valence-corrected chi connectivity index (χ0v) is 12.3. The summed E-state index contributed by atoms with van der Waals surface area (Å²) in [5.74, 6) is 0. The summed E-state index contributed by atoms with van der Waals surface area (Å²) in [7, 11) is 0. The minimum Gasteiger partial charge on any atom is -0.382 e. The highest BCUT2D eigenvalue weighted by Gasteiger charge is 2.30. The van der Waals surface area contributed by atoms with Gasteiger partial charge in [-0.05, 0) is 48.9 Å². The molecule has 1 saturated heterocycles. The van der Waals surface area contributed by atoms with Crippen molar-refractivity contribution in [2.24, 2.45) is 5.41 Å². The minimum atomic E-state index is 0.00301. The third-order valence-electron chi connectivity index (χ3n) is 4.38. The first-order valence-corrected chi connectivity index (χ1v) is 7.45. The third kappa shape index (κ3) is 2.74. The summed E-state index contributed by atoms with van der Waals surface area (Å²) in [5, 5.41) is 6.43. The Labute approximate surface area is 120 Å². The van der Waals surface area contributed by atoms with Crippen LogP contribution in [0.3, 0.4) is 0 Å². The predicted octanol–water partition coefficient (Wildman–Crippen LogP) is 3.21. The van der Waals surface area contributed by atoms with Gasteiger partial charge in [0.15, 0.2) is 0 Å². The average Bonchev–Trinajstić information content (AvgIpc) is 2.97. The predicted molar refractivity (Wildman–Crippen MR) is 82.2 cm³/mol. The molecule has 0 aromatic heterocycles. The molecule has 1 saturated carbocycles. The number of rotatable bonds is 3. The van der Waals surface area contributed by atoms with Crippen LogP contribution < -0.4 is 15.5 Å². The van der Waals surface area contributed by atoms with E-state index in [9.17, 15) is 4.79 Å². The number of hydrogen-bond acceptors (Lipinski definition) is 2. The molecule has 108 valence electrons. The van der Waals surface area contributed by atoms with Gasteiger partial charge in [0.05, 0.1) is 0 Å². The van der Waals surface area contributed by atoms with Crippen LogP contribution in [0.15, 0.2) is 24.3 Å². The highest BCUT2D eigenvalue weighted by atomic mass is 16.2. The van der Waals surface area contributed by atoms with E-state index in [4.69, 9.17) is 0 Å². The van der Waals surface area contributed by atoms with Gasteiger partial charge in [-0.3, -0.25) is 4.90 Å². The molecular formula is C16H23N3O. The van der Waals surface area contributed by atoms with E-state index < -0.39 is 0 Å². The summed E-state index contributed by atoms with van der Waals surface area (Å²) >= 11 is 0. The maximum Gasteiger partial charge on any atom is 0.321 e. The van der Waals surface area contributed by atoms with Gasteiger partial charge >= 0.3 is 6.03 Å². The minimum absolute atomic E-state index is 0.00301. The van der Waals surface area contributed by atoms with Crippen molar-refractivity contribution in [3.63, 3.8) is 0 Å². The standard InChI is InChI=1S/C16H23N3O/c1-16(2)8-7-13(11-16)18-12-3-5-14(6-4-12)19-10-9-17-15(19)20/h3-6,13,18H,7-11H2,1-2H3,(H,17,20). The quantitative estimate of drug-likeness (QED) is 0.888. The van der Waals surface area contributed by atoms with Gasteiger partial charge < -0.3 is 10.6 Å². The van der Waals surface area contributed by atoms with Crippen LogP contribution >= 0.6 is 0 Å². The molecule has 20 heavy (non-hydrogen) atoms. The van der Waals surface area contributed by atoms with Crippen LogP contribution in [0.1, 0.15) is 33.1 Å². The highest BCUT2D eigenvalue weighted by molar-refractivity contribution is 5.94. The van der Waals surface area contributed by atoms with Gasteiger partial charge in [0.2, 0.25) is 0 Å². The molecule has 0 bridgehead atoms. The van der Waals surface area contributed by atoms with Gasteiger partial charge in [-0.25, -0.2) is 4.79 Å². The van der Waals surface area contributed by atoms with Crippen molar-refractivity contribution in [1.29, 1.82) is 0 Å². The van der Waals surface area contributed by atoms with Gasteiger partial charge in [-0.2, -0.15) is 0 Å². The van der Waals surface area contributed by atoms with Crippen molar-refractivity contribution in [2.75, 3.05) is 23.3 Å². The average molecular weight is 273 g/mol. The topological polar surface area (TPSA) is 44.4 Å². The van der Waals surface area contributed by atoms with Gasteiger partial charge in [0.25, 0.3) is 0 Å². The maximum atomic E-state index is 11.6. The Kier molecular flexibility index (Phi) is 3.32. The molecule has 4 heteroatoms. The van der Waals surface area contributed by atoms with Crippen LogP contribution in [0, 0.1) is 5.41 Å². The Bertz CT molecular complexity index is 495. The Morgan fingerprint density at radius 2 is 2.05 bits per heavy atom. The fourth-order valence-electron chi connectivity index (χ4n) is 3.25. The van der Waals surface area contributed by atoms with Gasteiger partial charge in [0.1, 0.15) is 0 Å². The SMILES string of the molecule is CC1(C)CCC(Nc2ccc(N3CCNC3=O)cc2)C1. The number of nitrogens with zero attached hydrogens (tertiary/aromatic N) is 1. The lowest BCUT2D eigenvalue weighted by Gasteiger charge is -2.19. The number of hydrogen-bond donors (Lipinski definition) is 2. The lowest BCUT2D eigenvalue weighted by atomic mass is 9.92. The zero-order chi connectivity index (χ0) is 14.2. The summed E-state index contributed by atoms with van der Waals surface area (Å²) in [6.45, 7) is 6.16. The Balaban J connectivity index is 1.63. The first kappa shape index (κ1) is 13.3. The van der Waals surface area contributed by atoms with Crippen molar-refractivity contribution in [3.05, 3.63) is 24.3 Å². The van der Waals surface area contributed by atoms with E-state index in [0.29, 0.717) is 11.5 Å². The number of carbonyl (C=O) groups excluding carboxylic acids is 1. The van der Waals surface area contributed by atoms with E-state index in [1.165, 1.54) is 19.3 Å². The molecule has 1 heterocycles. The van der Waals surface area contributed by atoms with Crippen molar-refractivity contribution in [3.8, 4) is 0 Å². The lowest BCUT2D eigenvalue weighted by molar-refractivity contribution is 0.252. The number of amides is 2. The van der Waals surface area contributed by atoms with Crippen LogP contribution in [0.25, 0.3) is 0 Å². The maximum absolute atomic E-state index is 11.6. The molecule has 2 amide bonds. The highest BCUT2D eigenvalue weighted by Crippen LogP contribution is 2.38. The van der Waals surface area contributed by atoms with Crippen molar-refractivity contribution in [1.82, 2.24) is 5.32 Å². The number of anilines is 2. The Hall–Kier alpha value is -1.71. The van der Waals surface area contributed by atoms with Crippen LogP contribution in [0.5, 0.6) is 0 Å². The molecule has 2 N–H and O–H groups in total. The smallest absolute Gasteiger partial charge is 0.321 e. The van der Waals surface area contributed by atoms with Crippen LogP contribution in [-0.4, -0.2) is 25.2 Å². The van der Waals surface area contributed by atoms with E-state index in [1.54, 1.807) is 4.90 Å². The normalized spacial score (nSPS) is 24.8. The van der Waals surface area contributed by atoms with Crippen LogP contribution in [0.2, 0.25) is 0 Å². The number of carbonyl (C=O) groups is 1. The molecule has 1 aromatic rings. The van der Waals surface area contributed by atoms with E-state index in [2.05, 4.69) is 36.6 Å². The summed E-state index contributed by atoms with van der Waals surface area (Å²) < 4.78 is 0. The van der Waals surface area contributed by atoms with E-state index in [0.717, 1.165) is 24.5 Å². The fourth-order valence-corrected chi connectivity index (χ4v) is 3.25. The molecule has 1 aliphatic carbocycles. The fraction of sp³-hybridized carbons (Fsp3) is 0.562. The Morgan fingerprint density at radius 3 is 2.60 bits per heavy atom. The van der Waals surface area contributed by atoms with Gasteiger partial charge in [-0.15, -0.1) is 0 Å². The largest absolute Gasteiger partial charge is 0.382 e. The molecule has 4 nitrogen and oxygen atoms in total. The molecule has 1 atom stereocenters. The van der Waals surface area contributed by atoms with E-state index >= 15 is 0 Å². The van der Waals surface area contributed by atoms with Crippen molar-refractivity contribution in [2.45, 2.75) is 39.2 Å². The number of urea groups is 1. The van der Waals surface area contributed by atoms with Crippen molar-refractivity contribution < 1.29 is 4.79 Å². The molecular weight excluding hydrogens is 250 g/mol. The monoisotopic (exact) mass is 273 g/mol. The molecule has 2 aliphatic rings. The lowest BCUT2D eigenvalue weighted by Crippen LogP contribution is -2.27. The second-order valence-electron chi connectivity index (χ2n) is 6.68. The summed E-state index contributed by atoms with van der Waals surface area (Å²) in [5.41, 5.74) is 2.58. The third-order valence-corrected chi connectivity index (χ3v) is 4.38. The van der Waals surface area contributed by atoms with Crippen molar-refractivity contribution >= 4 is 17.4 Å². The Morgan fingerprint density at radius 1 is 1.30 bits per heavy atom. The summed E-state index contributed by atoms with van der Waals surface area (Å²) in [6, 6.07) is 8.77. The summed E-state index contributed by atoms with van der Waals surface area (Å²) in [4.78, 5) is 13.4. The molecule has 2 fully saturated rings. The second kappa shape index (κ2) is 5.00. The molecule has 1 aromatic carbocycles. The van der Waals surface area contributed by atoms with Gasteiger partial charge in [-0.1, -0.05) is 13.8 Å². The van der Waals surface area contributed by atoms with Crippen LogP contribution in [-0.2, 0) is 0 Å². The van der Waals surface area contributed by atoms with E-state index in [-0.39, 0.29) is 6.03 Å². The first-order valence-electron chi connectivity index (χ1n) is 7.45. The zero-order valence-electron chi connectivity index (χ0n) is 12.3. The molecule has 1 unspecified atom stereocenters. The molecule has 1 aliphatic heterocycles. The number of nitrogens with one attached hydrogen (secondary N) is 2. The summed E-state index contributed by atoms with van der Waals surface area (Å²) in [6.07, 6.45) is 3.75. The van der Waals surface area contributed by atoms with Gasteiger partial charge in [0, 0.05) is 30.5 Å². The number of benzene rings is 1. The van der Waals surface area contributed by atoms with E-state index in [1.807, 2.05) is 12.1 Å². The molecule has 0 radical (unpaired) electrons. The second-order valence-corrected chi connectivity index (χ2v) is 6.68. The molecule has 3 rings (SSSR count). The molecule has 0 spiro atoms.